The molecule has 1 heterocycles. The van der Waals surface area contributed by atoms with Gasteiger partial charge in [0.05, 0.1) is 5.69 Å². The van der Waals surface area contributed by atoms with E-state index in [0.717, 1.165) is 11.0 Å². The van der Waals surface area contributed by atoms with E-state index in [1.807, 2.05) is 0 Å². The van der Waals surface area contributed by atoms with E-state index in [-0.39, 0.29) is 34.7 Å². The van der Waals surface area contributed by atoms with Gasteiger partial charge in [0.15, 0.2) is 0 Å². The molecule has 0 bridgehead atoms. The highest BCUT2D eigenvalue weighted by Crippen LogP contribution is 2.35. The smallest absolute Gasteiger partial charge is 0.347 e. The SMILES string of the molecule is O=C1CCC2=C(C1=O)C(=O)N(c1ccc(Cl)c(/C=C(\Cl)C(=O)O)c1)C2=O. The molecule has 0 aromatic heterocycles. The van der Waals surface area contributed by atoms with E-state index in [0.29, 0.717) is 0 Å². The van der Waals surface area contributed by atoms with E-state index in [4.69, 9.17) is 28.3 Å². The Bertz CT molecular complexity index is 975. The lowest BCUT2D eigenvalue weighted by Gasteiger charge is -2.16. The van der Waals surface area contributed by atoms with Crippen molar-refractivity contribution >= 4 is 64.3 Å². The highest BCUT2D eigenvalue weighted by Gasteiger charge is 2.46. The molecule has 0 atom stereocenters. The third-order valence-electron chi connectivity index (χ3n) is 3.99. The Morgan fingerprint density at radius 3 is 2.46 bits per heavy atom. The van der Waals surface area contributed by atoms with Gasteiger partial charge in [0, 0.05) is 17.0 Å². The third kappa shape index (κ3) is 2.85. The number of rotatable bonds is 3. The molecule has 0 spiro atoms. The van der Waals surface area contributed by atoms with Crippen LogP contribution in [0.1, 0.15) is 18.4 Å². The van der Waals surface area contributed by atoms with E-state index in [9.17, 15) is 24.0 Å². The maximum Gasteiger partial charge on any atom is 0.347 e. The molecule has 0 saturated heterocycles. The van der Waals surface area contributed by atoms with Gasteiger partial charge in [0.2, 0.25) is 11.6 Å². The largest absolute Gasteiger partial charge is 0.477 e. The van der Waals surface area contributed by atoms with Gasteiger partial charge in [0.1, 0.15) is 10.6 Å². The van der Waals surface area contributed by atoms with E-state index >= 15 is 0 Å². The summed E-state index contributed by atoms with van der Waals surface area (Å²) < 4.78 is 0. The van der Waals surface area contributed by atoms with E-state index in [2.05, 4.69) is 0 Å². The summed E-state index contributed by atoms with van der Waals surface area (Å²) >= 11 is 11.6. The number of carboxylic acids is 1. The van der Waals surface area contributed by atoms with Gasteiger partial charge in [-0.1, -0.05) is 23.2 Å². The number of halogens is 2. The summed E-state index contributed by atoms with van der Waals surface area (Å²) in [6.07, 6.45) is 0.974. The Balaban J connectivity index is 2.04. The molecule has 26 heavy (non-hydrogen) atoms. The molecule has 0 saturated carbocycles. The van der Waals surface area contributed by atoms with Gasteiger partial charge in [-0.05, 0) is 36.3 Å². The lowest BCUT2D eigenvalue weighted by Crippen LogP contribution is -2.33. The molecular formula is C17H9Cl2NO6. The fourth-order valence-electron chi connectivity index (χ4n) is 2.75. The standard InChI is InChI=1S/C17H9Cl2NO6/c18-10-3-1-8(5-7(10)6-11(19)17(25)26)20-15(23)9-2-4-12(21)14(22)13(9)16(20)24/h1,3,5-6H,2,4H2,(H,25,26)/b11-6-. The van der Waals surface area contributed by atoms with Crippen LogP contribution in [0.4, 0.5) is 5.69 Å². The van der Waals surface area contributed by atoms with Crippen LogP contribution in [0.15, 0.2) is 34.4 Å². The minimum absolute atomic E-state index is 0.00945. The van der Waals surface area contributed by atoms with Crippen LogP contribution >= 0.6 is 23.2 Å². The number of nitrogens with zero attached hydrogens (tertiary/aromatic N) is 1. The molecular weight excluding hydrogens is 385 g/mol. The number of carboxylic acid groups (broad SMARTS) is 1. The molecule has 1 aromatic rings. The Morgan fingerprint density at radius 2 is 1.81 bits per heavy atom. The van der Waals surface area contributed by atoms with Crippen LogP contribution in [-0.2, 0) is 24.0 Å². The van der Waals surface area contributed by atoms with Crippen molar-refractivity contribution in [2.45, 2.75) is 12.8 Å². The number of hydrogen-bond donors (Lipinski definition) is 1. The number of carbonyl (C=O) groups is 5. The number of hydrogen-bond acceptors (Lipinski definition) is 5. The minimum Gasteiger partial charge on any atom is -0.477 e. The third-order valence-corrected chi connectivity index (χ3v) is 4.60. The van der Waals surface area contributed by atoms with E-state index in [1.165, 1.54) is 18.2 Å². The maximum absolute atomic E-state index is 12.5. The van der Waals surface area contributed by atoms with Crippen molar-refractivity contribution in [3.63, 3.8) is 0 Å². The first kappa shape index (κ1) is 18.0. The number of aliphatic carboxylic acids is 1. The molecule has 1 aromatic carbocycles. The Hall–Kier alpha value is -2.77. The van der Waals surface area contributed by atoms with Gasteiger partial charge in [0.25, 0.3) is 11.8 Å². The van der Waals surface area contributed by atoms with Gasteiger partial charge < -0.3 is 5.11 Å². The van der Waals surface area contributed by atoms with Gasteiger partial charge in [-0.25, -0.2) is 9.69 Å². The summed E-state index contributed by atoms with van der Waals surface area (Å²) in [6.45, 7) is 0. The quantitative estimate of drug-likeness (QED) is 0.364. The van der Waals surface area contributed by atoms with Crippen LogP contribution in [0.25, 0.3) is 6.08 Å². The first-order valence-electron chi connectivity index (χ1n) is 7.32. The summed E-state index contributed by atoms with van der Waals surface area (Å²) in [6, 6.07) is 4.03. The Labute approximate surface area is 156 Å². The van der Waals surface area contributed by atoms with Crippen LogP contribution < -0.4 is 4.90 Å². The second kappa shape index (κ2) is 6.51. The summed E-state index contributed by atoms with van der Waals surface area (Å²) in [4.78, 5) is 60.2. The predicted molar refractivity (Wildman–Crippen MR) is 91.7 cm³/mol. The zero-order valence-electron chi connectivity index (χ0n) is 12.9. The highest BCUT2D eigenvalue weighted by molar-refractivity contribution is 6.56. The molecule has 0 radical (unpaired) electrons. The van der Waals surface area contributed by atoms with Gasteiger partial charge in [-0.3, -0.25) is 19.2 Å². The van der Waals surface area contributed by atoms with Crippen molar-refractivity contribution in [1.82, 2.24) is 0 Å². The molecule has 1 aliphatic heterocycles. The van der Waals surface area contributed by atoms with Gasteiger partial charge in [-0.2, -0.15) is 0 Å². The molecule has 7 nitrogen and oxygen atoms in total. The molecule has 132 valence electrons. The van der Waals surface area contributed by atoms with Crippen LogP contribution in [-0.4, -0.2) is 34.5 Å². The van der Waals surface area contributed by atoms with Crippen molar-refractivity contribution in [2.75, 3.05) is 4.90 Å². The fourth-order valence-corrected chi connectivity index (χ4v) is 3.04. The average molecular weight is 394 g/mol. The predicted octanol–water partition coefficient (Wildman–Crippen LogP) is 2.11. The summed E-state index contributed by atoms with van der Waals surface area (Å²) in [5, 5.41) is 8.49. The molecule has 0 fully saturated rings. The van der Waals surface area contributed by atoms with Crippen LogP contribution in [0.5, 0.6) is 0 Å². The molecule has 3 rings (SSSR count). The topological polar surface area (TPSA) is 109 Å². The number of carbonyl (C=O) groups excluding carboxylic acids is 4. The average Bonchev–Trinajstić information content (AvgIpc) is 2.84. The van der Waals surface area contributed by atoms with Crippen molar-refractivity contribution in [3.8, 4) is 0 Å². The lowest BCUT2D eigenvalue weighted by molar-refractivity contribution is -0.135. The van der Waals surface area contributed by atoms with E-state index in [1.54, 1.807) is 0 Å². The second-order valence-electron chi connectivity index (χ2n) is 5.55. The summed E-state index contributed by atoms with van der Waals surface area (Å²) in [7, 11) is 0. The Morgan fingerprint density at radius 1 is 1.12 bits per heavy atom. The van der Waals surface area contributed by atoms with Gasteiger partial charge >= 0.3 is 5.97 Å². The van der Waals surface area contributed by atoms with Crippen LogP contribution in [0, 0.1) is 0 Å². The zero-order valence-corrected chi connectivity index (χ0v) is 14.4. The molecule has 9 heteroatoms. The van der Waals surface area contributed by atoms with Crippen molar-refractivity contribution < 1.29 is 29.1 Å². The van der Waals surface area contributed by atoms with Crippen LogP contribution in [0.3, 0.4) is 0 Å². The molecule has 1 aliphatic carbocycles. The fraction of sp³-hybridized carbons (Fsp3) is 0.118. The molecule has 1 N–H and O–H groups in total. The normalized spacial score (nSPS) is 17.9. The number of ketones is 2. The molecule has 2 amide bonds. The number of amides is 2. The maximum atomic E-state index is 12.5. The molecule has 0 unspecified atom stereocenters. The number of Topliss-reactive ketones (excluding diaryl/α,β-unsaturated/α-hetero) is 2. The summed E-state index contributed by atoms with van der Waals surface area (Å²) in [5.41, 5.74) is -0.137. The highest BCUT2D eigenvalue weighted by atomic mass is 35.5. The molecule has 2 aliphatic rings. The zero-order chi connectivity index (χ0) is 19.2. The van der Waals surface area contributed by atoms with Gasteiger partial charge in [-0.15, -0.1) is 0 Å². The minimum atomic E-state index is -1.37. The van der Waals surface area contributed by atoms with Crippen LogP contribution in [0.2, 0.25) is 5.02 Å². The van der Waals surface area contributed by atoms with Crippen molar-refractivity contribution in [3.05, 3.63) is 45.0 Å². The number of imide groups is 1. The number of anilines is 1. The number of benzene rings is 1. The first-order chi connectivity index (χ1) is 12.2. The first-order valence-corrected chi connectivity index (χ1v) is 8.07. The second-order valence-corrected chi connectivity index (χ2v) is 6.37. The van der Waals surface area contributed by atoms with Crippen molar-refractivity contribution in [1.29, 1.82) is 0 Å². The monoisotopic (exact) mass is 393 g/mol. The Kier molecular flexibility index (Phi) is 4.52. The van der Waals surface area contributed by atoms with Crippen molar-refractivity contribution in [2.24, 2.45) is 0 Å². The van der Waals surface area contributed by atoms with E-state index < -0.39 is 40.0 Å². The lowest BCUT2D eigenvalue weighted by atomic mass is 9.91. The summed E-state index contributed by atoms with van der Waals surface area (Å²) in [5.74, 6) is -4.62.